The van der Waals surface area contributed by atoms with Gasteiger partial charge in [0.25, 0.3) is 0 Å². The lowest BCUT2D eigenvalue weighted by Crippen LogP contribution is -1.93. The summed E-state index contributed by atoms with van der Waals surface area (Å²) in [6, 6.07) is 2.05. The minimum atomic E-state index is -0.612. The van der Waals surface area contributed by atoms with Crippen molar-refractivity contribution in [1.82, 2.24) is 4.98 Å². The second kappa shape index (κ2) is 3.01. The second-order valence-corrected chi connectivity index (χ2v) is 3.63. The van der Waals surface area contributed by atoms with Crippen molar-refractivity contribution in [2.75, 3.05) is 0 Å². The third-order valence-corrected chi connectivity index (χ3v) is 2.73. The van der Waals surface area contributed by atoms with Gasteiger partial charge in [-0.3, -0.25) is 0 Å². The molecule has 0 saturated carbocycles. The summed E-state index contributed by atoms with van der Waals surface area (Å²) in [6.45, 7) is 0.250. The maximum Gasteiger partial charge on any atom is 0.145 e. The minimum absolute atomic E-state index is 0.250. The molecule has 1 aromatic heterocycles. The maximum absolute atomic E-state index is 13.1. The Kier molecular flexibility index (Phi) is 1.97. The lowest BCUT2D eigenvalue weighted by atomic mass is 10.3. The Hall–Kier alpha value is -1.07. The quantitative estimate of drug-likeness (QED) is 0.765. The normalized spacial score (nSPS) is 11.0. The first-order valence-electron chi connectivity index (χ1n) is 3.65. The van der Waals surface area contributed by atoms with Gasteiger partial charge in [-0.1, -0.05) is 0 Å². The molecule has 0 aliphatic rings. The highest BCUT2D eigenvalue weighted by molar-refractivity contribution is 7.18. The molecule has 2 N–H and O–H groups in total. The lowest BCUT2D eigenvalue weighted by molar-refractivity contribution is 0.593. The molecule has 68 valence electrons. The van der Waals surface area contributed by atoms with Gasteiger partial charge in [0, 0.05) is 18.7 Å². The standard InChI is InChI=1S/C8H6F2N2S/c9-4-1-5(10)8-6(2-4)12-7(3-11)13-8/h1-2H,3,11H2. The Balaban J connectivity index is 2.75. The summed E-state index contributed by atoms with van der Waals surface area (Å²) < 4.78 is 26.2. The first-order chi connectivity index (χ1) is 6.20. The number of fused-ring (bicyclic) bond motifs is 1. The summed E-state index contributed by atoms with van der Waals surface area (Å²) in [5.74, 6) is -1.19. The molecule has 13 heavy (non-hydrogen) atoms. The number of rotatable bonds is 1. The van der Waals surface area contributed by atoms with E-state index in [2.05, 4.69) is 4.98 Å². The van der Waals surface area contributed by atoms with E-state index in [0.29, 0.717) is 15.2 Å². The van der Waals surface area contributed by atoms with Gasteiger partial charge in [-0.25, -0.2) is 13.8 Å². The molecular weight excluding hydrogens is 194 g/mol. The van der Waals surface area contributed by atoms with Gasteiger partial charge in [-0.2, -0.15) is 0 Å². The molecule has 1 aromatic carbocycles. The van der Waals surface area contributed by atoms with Gasteiger partial charge in [0.15, 0.2) is 0 Å². The van der Waals surface area contributed by atoms with Gasteiger partial charge in [-0.05, 0) is 0 Å². The van der Waals surface area contributed by atoms with Crippen LogP contribution in [0, 0.1) is 11.6 Å². The summed E-state index contributed by atoms with van der Waals surface area (Å²) in [6.07, 6.45) is 0. The average Bonchev–Trinajstić information content (AvgIpc) is 2.47. The third-order valence-electron chi connectivity index (χ3n) is 1.63. The fraction of sp³-hybridized carbons (Fsp3) is 0.125. The number of hydrogen-bond donors (Lipinski definition) is 1. The Labute approximate surface area is 77.0 Å². The van der Waals surface area contributed by atoms with Gasteiger partial charge in [0.05, 0.1) is 10.2 Å². The predicted octanol–water partition coefficient (Wildman–Crippen LogP) is 2.03. The molecule has 0 radical (unpaired) electrons. The summed E-state index contributed by atoms with van der Waals surface area (Å²) in [5.41, 5.74) is 5.67. The van der Waals surface area contributed by atoms with E-state index < -0.39 is 11.6 Å². The van der Waals surface area contributed by atoms with Crippen molar-refractivity contribution in [1.29, 1.82) is 0 Å². The van der Waals surface area contributed by atoms with Crippen molar-refractivity contribution in [3.8, 4) is 0 Å². The number of hydrogen-bond acceptors (Lipinski definition) is 3. The number of aromatic nitrogens is 1. The average molecular weight is 200 g/mol. The molecule has 2 aromatic rings. The van der Waals surface area contributed by atoms with Crippen LogP contribution in [0.4, 0.5) is 8.78 Å². The molecule has 0 amide bonds. The Morgan fingerprint density at radius 1 is 1.38 bits per heavy atom. The van der Waals surface area contributed by atoms with E-state index in [0.717, 1.165) is 17.4 Å². The maximum atomic E-state index is 13.1. The largest absolute Gasteiger partial charge is 0.325 e. The fourth-order valence-electron chi connectivity index (χ4n) is 1.09. The highest BCUT2D eigenvalue weighted by Gasteiger charge is 2.08. The van der Waals surface area contributed by atoms with Gasteiger partial charge in [-0.15, -0.1) is 11.3 Å². The first-order valence-corrected chi connectivity index (χ1v) is 4.47. The van der Waals surface area contributed by atoms with Crippen LogP contribution < -0.4 is 5.73 Å². The molecule has 0 atom stereocenters. The highest BCUT2D eigenvalue weighted by atomic mass is 32.1. The number of nitrogens with two attached hydrogens (primary N) is 1. The molecule has 2 rings (SSSR count). The van der Waals surface area contributed by atoms with Crippen LogP contribution in [0.1, 0.15) is 5.01 Å². The first kappa shape index (κ1) is 8.52. The number of halogens is 2. The number of nitrogens with zero attached hydrogens (tertiary/aromatic N) is 1. The molecule has 0 spiro atoms. The fourth-order valence-corrected chi connectivity index (χ4v) is 1.92. The molecule has 0 unspecified atom stereocenters. The van der Waals surface area contributed by atoms with E-state index in [1.54, 1.807) is 0 Å². The summed E-state index contributed by atoms with van der Waals surface area (Å²) in [7, 11) is 0. The van der Waals surface area contributed by atoms with E-state index >= 15 is 0 Å². The van der Waals surface area contributed by atoms with Crippen molar-refractivity contribution in [2.24, 2.45) is 5.73 Å². The summed E-state index contributed by atoms with van der Waals surface area (Å²) in [5, 5.41) is 0.611. The molecule has 0 bridgehead atoms. The van der Waals surface area contributed by atoms with Crippen LogP contribution in [0.25, 0.3) is 10.2 Å². The van der Waals surface area contributed by atoms with Crippen molar-refractivity contribution in [3.63, 3.8) is 0 Å². The molecule has 0 fully saturated rings. The molecule has 0 aliphatic carbocycles. The van der Waals surface area contributed by atoms with Crippen LogP contribution in [0.2, 0.25) is 0 Å². The number of thiazole rings is 1. The Morgan fingerprint density at radius 2 is 2.15 bits per heavy atom. The zero-order valence-corrected chi connectivity index (χ0v) is 7.37. The SMILES string of the molecule is NCc1nc2cc(F)cc(F)c2s1. The monoisotopic (exact) mass is 200 g/mol. The van der Waals surface area contributed by atoms with Crippen molar-refractivity contribution in [2.45, 2.75) is 6.54 Å². The van der Waals surface area contributed by atoms with Gasteiger partial charge < -0.3 is 5.73 Å². The molecular formula is C8H6F2N2S. The van der Waals surface area contributed by atoms with Gasteiger partial charge >= 0.3 is 0 Å². The topological polar surface area (TPSA) is 38.9 Å². The second-order valence-electron chi connectivity index (χ2n) is 2.55. The molecule has 0 saturated heterocycles. The van der Waals surface area contributed by atoms with Gasteiger partial charge in [0.1, 0.15) is 16.6 Å². The Bertz CT molecular complexity index is 453. The molecule has 0 aliphatic heterocycles. The van der Waals surface area contributed by atoms with Crippen LogP contribution in [-0.2, 0) is 6.54 Å². The predicted molar refractivity (Wildman–Crippen MR) is 47.4 cm³/mol. The minimum Gasteiger partial charge on any atom is -0.325 e. The van der Waals surface area contributed by atoms with E-state index in [1.807, 2.05) is 0 Å². The highest BCUT2D eigenvalue weighted by Crippen LogP contribution is 2.25. The van der Waals surface area contributed by atoms with Crippen molar-refractivity contribution < 1.29 is 8.78 Å². The lowest BCUT2D eigenvalue weighted by Gasteiger charge is -1.90. The van der Waals surface area contributed by atoms with Crippen LogP contribution in [0.3, 0.4) is 0 Å². The van der Waals surface area contributed by atoms with Crippen molar-refractivity contribution in [3.05, 3.63) is 28.8 Å². The molecule has 2 nitrogen and oxygen atoms in total. The van der Waals surface area contributed by atoms with Crippen LogP contribution in [0.15, 0.2) is 12.1 Å². The van der Waals surface area contributed by atoms with E-state index in [9.17, 15) is 8.78 Å². The summed E-state index contributed by atoms with van der Waals surface area (Å²) >= 11 is 1.15. The third kappa shape index (κ3) is 1.40. The summed E-state index contributed by atoms with van der Waals surface area (Å²) in [4.78, 5) is 3.97. The smallest absolute Gasteiger partial charge is 0.145 e. The van der Waals surface area contributed by atoms with Crippen LogP contribution >= 0.6 is 11.3 Å². The van der Waals surface area contributed by atoms with Crippen LogP contribution in [0.5, 0.6) is 0 Å². The van der Waals surface area contributed by atoms with Crippen molar-refractivity contribution >= 4 is 21.6 Å². The Morgan fingerprint density at radius 3 is 2.85 bits per heavy atom. The van der Waals surface area contributed by atoms with Crippen LogP contribution in [-0.4, -0.2) is 4.98 Å². The molecule has 1 heterocycles. The van der Waals surface area contributed by atoms with E-state index in [-0.39, 0.29) is 6.54 Å². The zero-order chi connectivity index (χ0) is 9.42. The van der Waals surface area contributed by atoms with Gasteiger partial charge in [0.2, 0.25) is 0 Å². The van der Waals surface area contributed by atoms with E-state index in [1.165, 1.54) is 6.07 Å². The molecule has 5 heteroatoms. The van der Waals surface area contributed by atoms with E-state index in [4.69, 9.17) is 5.73 Å². The zero-order valence-electron chi connectivity index (χ0n) is 6.55. The number of benzene rings is 1.